The number of ether oxygens (including phenoxy) is 2. The summed E-state index contributed by atoms with van der Waals surface area (Å²) < 4.78 is 10.6. The first-order valence-electron chi connectivity index (χ1n) is 6.29. The molecule has 0 radical (unpaired) electrons. The summed E-state index contributed by atoms with van der Waals surface area (Å²) in [5.41, 5.74) is 0.271. The van der Waals surface area contributed by atoms with Gasteiger partial charge in [0.2, 0.25) is 5.75 Å². The summed E-state index contributed by atoms with van der Waals surface area (Å²) in [6.45, 7) is 1.54. The molecule has 21 heavy (non-hydrogen) atoms. The molecule has 0 spiro atoms. The monoisotopic (exact) mass is 289 g/mol. The van der Waals surface area contributed by atoms with Crippen molar-refractivity contribution in [1.29, 1.82) is 0 Å². The van der Waals surface area contributed by atoms with E-state index in [1.807, 2.05) is 0 Å². The largest absolute Gasteiger partial charge is 0.497 e. The van der Waals surface area contributed by atoms with Crippen LogP contribution in [0.3, 0.4) is 0 Å². The molecule has 0 saturated heterocycles. The molecule has 0 amide bonds. The summed E-state index contributed by atoms with van der Waals surface area (Å²) >= 11 is 0. The zero-order valence-electron chi connectivity index (χ0n) is 11.6. The van der Waals surface area contributed by atoms with E-state index in [2.05, 4.69) is 0 Å². The van der Waals surface area contributed by atoms with E-state index in [0.29, 0.717) is 17.1 Å². The average molecular weight is 289 g/mol. The molecular formula is C15H15NO5. The molecule has 0 bridgehead atoms. The lowest BCUT2D eigenvalue weighted by atomic mass is 10.1. The van der Waals surface area contributed by atoms with Gasteiger partial charge in [0.15, 0.2) is 0 Å². The molecule has 2 rings (SSSR count). The Morgan fingerprint density at radius 2 is 1.76 bits per heavy atom. The maximum atomic E-state index is 11.1. The third-order valence-electron chi connectivity index (χ3n) is 2.95. The highest BCUT2D eigenvalue weighted by Crippen LogP contribution is 2.34. The molecule has 0 aromatic heterocycles. The SMILES string of the molecule is COc1ccc(Oc2ccc([C@@H](C)O)cc2[N+](=O)[O-])cc1. The average Bonchev–Trinajstić information content (AvgIpc) is 2.48. The molecule has 0 aliphatic heterocycles. The van der Waals surface area contributed by atoms with Crippen LogP contribution in [0.2, 0.25) is 0 Å². The number of nitro groups is 1. The first kappa shape index (κ1) is 14.8. The van der Waals surface area contributed by atoms with Crippen LogP contribution in [-0.4, -0.2) is 17.1 Å². The van der Waals surface area contributed by atoms with Crippen molar-refractivity contribution in [2.75, 3.05) is 7.11 Å². The lowest BCUT2D eigenvalue weighted by molar-refractivity contribution is -0.385. The van der Waals surface area contributed by atoms with E-state index in [-0.39, 0.29) is 11.4 Å². The Morgan fingerprint density at radius 1 is 1.14 bits per heavy atom. The lowest BCUT2D eigenvalue weighted by Gasteiger charge is -2.09. The zero-order chi connectivity index (χ0) is 15.4. The van der Waals surface area contributed by atoms with Crippen LogP contribution in [0.5, 0.6) is 17.2 Å². The Hall–Kier alpha value is -2.60. The molecule has 1 N–H and O–H groups in total. The Morgan fingerprint density at radius 3 is 2.29 bits per heavy atom. The highest BCUT2D eigenvalue weighted by atomic mass is 16.6. The molecule has 2 aromatic carbocycles. The molecular weight excluding hydrogens is 274 g/mol. The van der Waals surface area contributed by atoms with Crippen molar-refractivity contribution >= 4 is 5.69 Å². The van der Waals surface area contributed by atoms with Gasteiger partial charge in [0.25, 0.3) is 0 Å². The summed E-state index contributed by atoms with van der Waals surface area (Å²) in [6.07, 6.45) is -0.779. The van der Waals surface area contributed by atoms with Crippen molar-refractivity contribution < 1.29 is 19.5 Å². The van der Waals surface area contributed by atoms with Crippen molar-refractivity contribution in [1.82, 2.24) is 0 Å². The van der Waals surface area contributed by atoms with Gasteiger partial charge in [0.1, 0.15) is 11.5 Å². The van der Waals surface area contributed by atoms with Crippen molar-refractivity contribution in [3.05, 3.63) is 58.1 Å². The molecule has 6 nitrogen and oxygen atoms in total. The van der Waals surface area contributed by atoms with Crippen molar-refractivity contribution in [3.63, 3.8) is 0 Å². The Bertz CT molecular complexity index is 637. The predicted octanol–water partition coefficient (Wildman–Crippen LogP) is 3.45. The fraction of sp³-hybridized carbons (Fsp3) is 0.200. The summed E-state index contributed by atoms with van der Waals surface area (Å²) in [5, 5.41) is 20.6. The molecule has 0 aliphatic carbocycles. The van der Waals surface area contributed by atoms with Gasteiger partial charge in [-0.3, -0.25) is 10.1 Å². The molecule has 0 saturated carbocycles. The minimum absolute atomic E-state index is 0.120. The van der Waals surface area contributed by atoms with Crippen molar-refractivity contribution in [2.24, 2.45) is 0 Å². The van der Waals surface area contributed by atoms with Gasteiger partial charge < -0.3 is 14.6 Å². The molecule has 0 unspecified atom stereocenters. The third-order valence-corrected chi connectivity index (χ3v) is 2.95. The van der Waals surface area contributed by atoms with Crippen molar-refractivity contribution in [2.45, 2.75) is 13.0 Å². The van der Waals surface area contributed by atoms with Gasteiger partial charge in [-0.25, -0.2) is 0 Å². The predicted molar refractivity (Wildman–Crippen MR) is 76.8 cm³/mol. The Labute approximate surface area is 121 Å². The molecule has 6 heteroatoms. The van der Waals surface area contributed by atoms with Crippen LogP contribution in [0.4, 0.5) is 5.69 Å². The van der Waals surface area contributed by atoms with E-state index in [4.69, 9.17) is 9.47 Å². The molecule has 0 heterocycles. The lowest BCUT2D eigenvalue weighted by Crippen LogP contribution is -1.97. The third kappa shape index (κ3) is 3.49. The Balaban J connectivity index is 2.31. The number of methoxy groups -OCH3 is 1. The van der Waals surface area contributed by atoms with Gasteiger partial charge >= 0.3 is 5.69 Å². The molecule has 110 valence electrons. The summed E-state index contributed by atoms with van der Waals surface area (Å²) in [6, 6.07) is 11.1. The first-order valence-corrected chi connectivity index (χ1v) is 6.29. The maximum Gasteiger partial charge on any atom is 0.311 e. The van der Waals surface area contributed by atoms with Crippen LogP contribution < -0.4 is 9.47 Å². The molecule has 2 aromatic rings. The topological polar surface area (TPSA) is 81.8 Å². The van der Waals surface area contributed by atoms with Crippen LogP contribution in [0, 0.1) is 10.1 Å². The van der Waals surface area contributed by atoms with E-state index < -0.39 is 11.0 Å². The number of benzene rings is 2. The second kappa shape index (κ2) is 6.23. The highest BCUT2D eigenvalue weighted by molar-refractivity contribution is 5.51. The smallest absolute Gasteiger partial charge is 0.311 e. The van der Waals surface area contributed by atoms with Crippen LogP contribution in [0.15, 0.2) is 42.5 Å². The summed E-state index contributed by atoms with van der Waals surface area (Å²) in [4.78, 5) is 10.6. The molecule has 1 atom stereocenters. The van der Waals surface area contributed by atoms with E-state index in [0.717, 1.165) is 0 Å². The van der Waals surface area contributed by atoms with E-state index >= 15 is 0 Å². The van der Waals surface area contributed by atoms with E-state index in [9.17, 15) is 15.2 Å². The van der Waals surface area contributed by atoms with Crippen molar-refractivity contribution in [3.8, 4) is 17.2 Å². The van der Waals surface area contributed by atoms with Gasteiger partial charge in [-0.05, 0) is 42.8 Å². The van der Waals surface area contributed by atoms with Crippen LogP contribution in [0.25, 0.3) is 0 Å². The zero-order valence-corrected chi connectivity index (χ0v) is 11.6. The number of rotatable bonds is 5. The number of aliphatic hydroxyl groups excluding tert-OH is 1. The quantitative estimate of drug-likeness (QED) is 0.673. The number of nitrogens with zero attached hydrogens (tertiary/aromatic N) is 1. The van der Waals surface area contributed by atoms with Gasteiger partial charge in [0.05, 0.1) is 18.1 Å². The Kier molecular flexibility index (Phi) is 4.39. The fourth-order valence-electron chi connectivity index (χ4n) is 1.79. The van der Waals surface area contributed by atoms with Gasteiger partial charge in [-0.15, -0.1) is 0 Å². The van der Waals surface area contributed by atoms with Gasteiger partial charge in [0, 0.05) is 6.07 Å². The molecule has 0 fully saturated rings. The van der Waals surface area contributed by atoms with E-state index in [1.54, 1.807) is 44.4 Å². The number of hydrogen-bond acceptors (Lipinski definition) is 5. The second-order valence-electron chi connectivity index (χ2n) is 4.44. The second-order valence-corrected chi connectivity index (χ2v) is 4.44. The minimum Gasteiger partial charge on any atom is -0.497 e. The standard InChI is InChI=1S/C15H15NO5/c1-10(17)11-3-8-15(14(9-11)16(18)19)21-13-6-4-12(20-2)5-7-13/h3-10,17H,1-2H3/t10-/m1/s1. The fourth-order valence-corrected chi connectivity index (χ4v) is 1.79. The number of hydrogen-bond donors (Lipinski definition) is 1. The normalized spacial score (nSPS) is 11.8. The minimum atomic E-state index is -0.779. The highest BCUT2D eigenvalue weighted by Gasteiger charge is 2.18. The summed E-state index contributed by atoms with van der Waals surface area (Å²) in [5.74, 6) is 1.25. The number of aliphatic hydroxyl groups is 1. The summed E-state index contributed by atoms with van der Waals surface area (Å²) in [7, 11) is 1.55. The maximum absolute atomic E-state index is 11.1. The first-order chi connectivity index (χ1) is 10.0. The van der Waals surface area contributed by atoms with Gasteiger partial charge in [-0.1, -0.05) is 6.07 Å². The van der Waals surface area contributed by atoms with Crippen LogP contribution >= 0.6 is 0 Å². The van der Waals surface area contributed by atoms with Crippen LogP contribution in [0.1, 0.15) is 18.6 Å². The van der Waals surface area contributed by atoms with Gasteiger partial charge in [-0.2, -0.15) is 0 Å². The van der Waals surface area contributed by atoms with Crippen LogP contribution in [-0.2, 0) is 0 Å². The molecule has 0 aliphatic rings. The number of nitro benzene ring substituents is 1. The van der Waals surface area contributed by atoms with E-state index in [1.165, 1.54) is 12.1 Å².